The Kier molecular flexibility index (Phi) is 9.19. The van der Waals surface area contributed by atoms with E-state index in [2.05, 4.69) is 25.6 Å². The molecule has 0 unspecified atom stereocenters. The van der Waals surface area contributed by atoms with Gasteiger partial charge in [-0.1, -0.05) is 19.1 Å². The number of aromatic nitrogens is 3. The minimum absolute atomic E-state index is 0.0207. The van der Waals surface area contributed by atoms with Crippen molar-refractivity contribution in [1.29, 1.82) is 0 Å². The average molecular weight is 656 g/mol. The third-order valence-electron chi connectivity index (χ3n) is 6.19. The van der Waals surface area contributed by atoms with Gasteiger partial charge in [-0.2, -0.15) is 26.3 Å². The van der Waals surface area contributed by atoms with Crippen LogP contribution in [0.1, 0.15) is 18.1 Å². The highest BCUT2D eigenvalue weighted by Gasteiger charge is 2.34. The second-order valence-corrected chi connectivity index (χ2v) is 11.3. The first-order chi connectivity index (χ1) is 21.0. The van der Waals surface area contributed by atoms with Crippen LogP contribution in [0.5, 0.6) is 11.8 Å². The topological polar surface area (TPSA) is 152 Å². The number of nitrogen functional groups attached to an aromatic ring is 1. The lowest BCUT2D eigenvalue weighted by Gasteiger charge is -2.19. The number of nitrogens with one attached hydrogen (secondary N) is 2. The summed E-state index contributed by atoms with van der Waals surface area (Å²) >= 11 is 0. The molecule has 0 atom stereocenters. The number of sulfonamides is 1. The van der Waals surface area contributed by atoms with E-state index >= 15 is 0 Å². The lowest BCUT2D eigenvalue weighted by Crippen LogP contribution is -2.29. The minimum atomic E-state index is -4.81. The van der Waals surface area contributed by atoms with Gasteiger partial charge in [-0.05, 0) is 42.0 Å². The fourth-order valence-corrected chi connectivity index (χ4v) is 5.06. The predicted octanol–water partition coefficient (Wildman–Crippen LogP) is 6.24. The molecule has 2 aromatic carbocycles. The molecule has 238 valence electrons. The molecule has 11 nitrogen and oxygen atoms in total. The first-order valence-electron chi connectivity index (χ1n) is 12.7. The van der Waals surface area contributed by atoms with E-state index in [9.17, 15) is 39.6 Å². The maximum Gasteiger partial charge on any atom is 0.417 e. The molecule has 0 bridgehead atoms. The number of hydrogen-bond acceptors (Lipinski definition) is 8. The molecule has 4 aromatic rings. The zero-order valence-corrected chi connectivity index (χ0v) is 24.0. The van der Waals surface area contributed by atoms with E-state index < -0.39 is 50.1 Å². The Bertz CT molecular complexity index is 1800. The first kappa shape index (κ1) is 32.9. The Morgan fingerprint density at radius 2 is 1.51 bits per heavy atom. The van der Waals surface area contributed by atoms with Crippen molar-refractivity contribution in [1.82, 2.24) is 19.3 Å². The van der Waals surface area contributed by atoms with Crippen LogP contribution in [0.15, 0.2) is 72.0 Å². The summed E-state index contributed by atoms with van der Waals surface area (Å²) in [5.74, 6) is 0.0948. The van der Waals surface area contributed by atoms with Crippen molar-refractivity contribution in [2.24, 2.45) is 0 Å². The van der Waals surface area contributed by atoms with E-state index in [-0.39, 0.29) is 35.4 Å². The highest BCUT2D eigenvalue weighted by atomic mass is 32.2. The summed E-state index contributed by atoms with van der Waals surface area (Å²) in [6.45, 7) is 1.55. The van der Waals surface area contributed by atoms with Gasteiger partial charge in [0.15, 0.2) is 0 Å². The molecule has 2 amide bonds. The number of carbonyl (C=O) groups excluding carboxylic acids is 1. The van der Waals surface area contributed by atoms with Crippen LogP contribution in [-0.4, -0.2) is 47.3 Å². The lowest BCUT2D eigenvalue weighted by molar-refractivity contribution is -0.138. The maximum atomic E-state index is 13.3. The summed E-state index contributed by atoms with van der Waals surface area (Å²) in [6.07, 6.45) is -6.56. The third kappa shape index (κ3) is 7.76. The Morgan fingerprint density at radius 3 is 2.09 bits per heavy atom. The van der Waals surface area contributed by atoms with Gasteiger partial charge in [0.05, 0.1) is 34.9 Å². The standard InChI is InChI=1S/C27H23F6N7O4S/c1-3-40(2)45(42,43)22-9-6-16(26(28,29)30)11-21(22)39-24(41)38-18-13-36-25(37-14-18)44-19-7-4-15(5-8-19)20-10-17(27(31,32)33)12-35-23(20)34/h4-14H,3H2,1-2H3,(H2,34,35)(H2,38,39,41). The fraction of sp³-hybridized carbons (Fsp3) is 0.185. The Hall–Kier alpha value is -4.97. The van der Waals surface area contributed by atoms with Crippen LogP contribution < -0.4 is 21.1 Å². The van der Waals surface area contributed by atoms with Crippen LogP contribution in [0.25, 0.3) is 11.1 Å². The highest BCUT2D eigenvalue weighted by molar-refractivity contribution is 7.89. The molecule has 45 heavy (non-hydrogen) atoms. The molecule has 4 rings (SSSR count). The van der Waals surface area contributed by atoms with Gasteiger partial charge in [-0.3, -0.25) is 0 Å². The summed E-state index contributed by atoms with van der Waals surface area (Å²) in [5.41, 5.74) is 3.38. The molecule has 2 aromatic heterocycles. The van der Waals surface area contributed by atoms with Crippen LogP contribution in [0.2, 0.25) is 0 Å². The summed E-state index contributed by atoms with van der Waals surface area (Å²) in [7, 11) is -3.00. The van der Waals surface area contributed by atoms with E-state index in [4.69, 9.17) is 10.5 Å². The van der Waals surface area contributed by atoms with Gasteiger partial charge in [0.2, 0.25) is 10.0 Å². The summed E-state index contributed by atoms with van der Waals surface area (Å²) < 4.78 is 111. The van der Waals surface area contributed by atoms with Crippen molar-refractivity contribution < 1.29 is 44.3 Å². The molecule has 0 radical (unpaired) electrons. The van der Waals surface area contributed by atoms with Gasteiger partial charge in [0.1, 0.15) is 16.5 Å². The van der Waals surface area contributed by atoms with E-state index in [1.165, 1.54) is 38.2 Å². The predicted molar refractivity (Wildman–Crippen MR) is 151 cm³/mol. The molecule has 2 heterocycles. The lowest BCUT2D eigenvalue weighted by atomic mass is 10.0. The molecular weight excluding hydrogens is 632 g/mol. The molecule has 18 heteroatoms. The van der Waals surface area contributed by atoms with E-state index in [1.54, 1.807) is 0 Å². The number of alkyl halides is 6. The smallest absolute Gasteiger partial charge is 0.417 e. The quantitative estimate of drug-likeness (QED) is 0.189. The van der Waals surface area contributed by atoms with E-state index in [0.717, 1.165) is 28.8 Å². The first-order valence-corrected chi connectivity index (χ1v) is 14.1. The number of rotatable bonds is 8. The van der Waals surface area contributed by atoms with E-state index in [0.29, 0.717) is 23.9 Å². The number of pyridine rings is 1. The van der Waals surface area contributed by atoms with Crippen LogP contribution in [0.3, 0.4) is 0 Å². The normalized spacial score (nSPS) is 12.2. The molecule has 0 aliphatic carbocycles. The third-order valence-corrected chi connectivity index (χ3v) is 8.19. The van der Waals surface area contributed by atoms with Crippen molar-refractivity contribution in [2.75, 3.05) is 30.0 Å². The average Bonchev–Trinajstić information content (AvgIpc) is 2.97. The van der Waals surface area contributed by atoms with Gasteiger partial charge in [0, 0.05) is 25.4 Å². The molecular formula is C27H23F6N7O4S. The van der Waals surface area contributed by atoms with Gasteiger partial charge >= 0.3 is 24.4 Å². The van der Waals surface area contributed by atoms with Crippen LogP contribution in [0, 0.1) is 0 Å². The number of hydrogen-bond donors (Lipinski definition) is 3. The van der Waals surface area contributed by atoms with Gasteiger partial charge in [-0.15, -0.1) is 0 Å². The fourth-order valence-electron chi connectivity index (χ4n) is 3.75. The summed E-state index contributed by atoms with van der Waals surface area (Å²) in [5, 5.41) is 4.42. The molecule has 0 fully saturated rings. The number of amides is 2. The number of anilines is 3. The van der Waals surface area contributed by atoms with Crippen LogP contribution in [0.4, 0.5) is 48.3 Å². The number of benzene rings is 2. The number of urea groups is 1. The molecule has 4 N–H and O–H groups in total. The number of nitrogens with zero attached hydrogens (tertiary/aromatic N) is 4. The second-order valence-electron chi connectivity index (χ2n) is 9.24. The Balaban J connectivity index is 1.46. The molecule has 0 saturated carbocycles. The molecule has 0 aliphatic rings. The van der Waals surface area contributed by atoms with Crippen molar-refractivity contribution in [3.8, 4) is 22.9 Å². The van der Waals surface area contributed by atoms with Gasteiger partial charge < -0.3 is 21.1 Å². The van der Waals surface area contributed by atoms with Crippen LogP contribution in [-0.2, 0) is 22.4 Å². The number of nitrogens with two attached hydrogens (primary N) is 1. The van der Waals surface area contributed by atoms with Gasteiger partial charge in [0.25, 0.3) is 0 Å². The van der Waals surface area contributed by atoms with Crippen LogP contribution >= 0.6 is 0 Å². The van der Waals surface area contributed by atoms with Crippen molar-refractivity contribution >= 4 is 33.2 Å². The SMILES string of the molecule is CCN(C)S(=O)(=O)c1ccc(C(F)(F)F)cc1NC(=O)Nc1cnc(Oc2ccc(-c3cc(C(F)(F)F)cnc3N)cc2)nc1. The largest absolute Gasteiger partial charge is 0.424 e. The van der Waals surface area contributed by atoms with Gasteiger partial charge in [-0.25, -0.2) is 32.5 Å². The molecule has 0 saturated heterocycles. The van der Waals surface area contributed by atoms with Crippen molar-refractivity contribution in [3.63, 3.8) is 0 Å². The van der Waals surface area contributed by atoms with Crippen molar-refractivity contribution in [3.05, 3.63) is 78.2 Å². The molecule has 0 aliphatic heterocycles. The Labute approximate surface area is 252 Å². The Morgan fingerprint density at radius 1 is 0.889 bits per heavy atom. The molecule has 0 spiro atoms. The summed E-state index contributed by atoms with van der Waals surface area (Å²) in [4.78, 5) is 23.5. The van der Waals surface area contributed by atoms with Crippen molar-refractivity contribution in [2.45, 2.75) is 24.2 Å². The highest BCUT2D eigenvalue weighted by Crippen LogP contribution is 2.36. The van der Waals surface area contributed by atoms with E-state index in [1.807, 2.05) is 0 Å². The monoisotopic (exact) mass is 655 g/mol. The minimum Gasteiger partial charge on any atom is -0.424 e. The number of ether oxygens (including phenoxy) is 1. The maximum absolute atomic E-state index is 13.3. The zero-order chi connectivity index (χ0) is 33.2. The second kappa shape index (κ2) is 12.6. The number of halogens is 6. The summed E-state index contributed by atoms with van der Waals surface area (Å²) in [6, 6.07) is 7.21. The zero-order valence-electron chi connectivity index (χ0n) is 23.2. The number of carbonyl (C=O) groups is 1.